The second kappa shape index (κ2) is 4.89. The first-order valence-electron chi connectivity index (χ1n) is 4.22. The van der Waals surface area contributed by atoms with Gasteiger partial charge in [0.15, 0.2) is 6.29 Å². The molecule has 0 spiro atoms. The van der Waals surface area contributed by atoms with Gasteiger partial charge in [-0.25, -0.2) is 4.18 Å². The molecule has 1 heterocycles. The van der Waals surface area contributed by atoms with Gasteiger partial charge in [-0.2, -0.15) is 8.42 Å². The molecule has 0 radical (unpaired) electrons. The summed E-state index contributed by atoms with van der Waals surface area (Å²) in [5.41, 5.74) is 0. The van der Waals surface area contributed by atoms with Crippen molar-refractivity contribution in [2.24, 2.45) is 0 Å². The van der Waals surface area contributed by atoms with Crippen LogP contribution in [0.3, 0.4) is 0 Å². The third-order valence-corrected chi connectivity index (χ3v) is 2.50. The lowest BCUT2D eigenvalue weighted by Crippen LogP contribution is -2.58. The number of aliphatic hydroxyl groups is 4. The van der Waals surface area contributed by atoms with E-state index in [1.165, 1.54) is 0 Å². The highest BCUT2D eigenvalue weighted by Crippen LogP contribution is 2.20. The quantitative estimate of drug-likeness (QED) is 0.327. The van der Waals surface area contributed by atoms with Gasteiger partial charge in [-0.15, -0.1) is 0 Å². The maximum absolute atomic E-state index is 10.2. The molecule has 10 heteroatoms. The van der Waals surface area contributed by atoms with Crippen molar-refractivity contribution in [3.8, 4) is 0 Å². The SMILES string of the molecule is O=S(=O)(O)OC[C@H]1OC(O)[C@@H](O)[C@@H](O)[C@@H]1O. The highest BCUT2D eigenvalue weighted by atomic mass is 32.3. The van der Waals surface area contributed by atoms with Gasteiger partial charge in [-0.1, -0.05) is 0 Å². The van der Waals surface area contributed by atoms with Gasteiger partial charge >= 0.3 is 10.4 Å². The lowest BCUT2D eigenvalue weighted by Gasteiger charge is -2.37. The normalized spacial score (nSPS) is 40.9. The van der Waals surface area contributed by atoms with Gasteiger partial charge in [-0.3, -0.25) is 4.55 Å². The molecule has 5 atom stereocenters. The van der Waals surface area contributed by atoms with E-state index in [1.54, 1.807) is 0 Å². The van der Waals surface area contributed by atoms with E-state index in [4.69, 9.17) is 14.8 Å². The molecule has 0 aromatic carbocycles. The molecule has 1 aliphatic rings. The van der Waals surface area contributed by atoms with Crippen LogP contribution in [-0.2, 0) is 19.3 Å². The predicted octanol–water partition coefficient (Wildman–Crippen LogP) is -3.39. The maximum Gasteiger partial charge on any atom is 0.397 e. The summed E-state index contributed by atoms with van der Waals surface area (Å²) in [6, 6.07) is 0. The molecule has 0 aromatic heterocycles. The zero-order valence-electron chi connectivity index (χ0n) is 7.87. The zero-order chi connectivity index (χ0) is 12.5. The Morgan fingerprint density at radius 2 is 1.62 bits per heavy atom. The van der Waals surface area contributed by atoms with Crippen molar-refractivity contribution in [3.05, 3.63) is 0 Å². The largest absolute Gasteiger partial charge is 0.397 e. The molecule has 0 amide bonds. The predicted molar refractivity (Wildman–Crippen MR) is 46.4 cm³/mol. The molecule has 1 fully saturated rings. The number of hydrogen-bond donors (Lipinski definition) is 5. The fourth-order valence-electron chi connectivity index (χ4n) is 1.22. The first-order chi connectivity index (χ1) is 7.22. The van der Waals surface area contributed by atoms with Crippen LogP contribution >= 0.6 is 0 Å². The van der Waals surface area contributed by atoms with Crippen LogP contribution in [0.4, 0.5) is 0 Å². The van der Waals surface area contributed by atoms with Crippen LogP contribution in [0.2, 0.25) is 0 Å². The van der Waals surface area contributed by atoms with Crippen molar-refractivity contribution >= 4 is 10.4 Å². The van der Waals surface area contributed by atoms with Gasteiger partial charge in [0.05, 0.1) is 6.61 Å². The van der Waals surface area contributed by atoms with Gasteiger partial charge in [0.25, 0.3) is 0 Å². The number of hydrogen-bond acceptors (Lipinski definition) is 8. The van der Waals surface area contributed by atoms with Crippen molar-refractivity contribution in [1.82, 2.24) is 0 Å². The van der Waals surface area contributed by atoms with E-state index < -0.39 is 47.7 Å². The third-order valence-electron chi connectivity index (χ3n) is 2.07. The van der Waals surface area contributed by atoms with Gasteiger partial charge in [0, 0.05) is 0 Å². The lowest BCUT2D eigenvalue weighted by molar-refractivity contribution is -0.285. The smallest absolute Gasteiger partial charge is 0.387 e. The molecule has 0 bridgehead atoms. The van der Waals surface area contributed by atoms with Crippen LogP contribution in [0.15, 0.2) is 0 Å². The summed E-state index contributed by atoms with van der Waals surface area (Å²) < 4.78 is 37.2. The van der Waals surface area contributed by atoms with Crippen molar-refractivity contribution in [3.63, 3.8) is 0 Å². The lowest BCUT2D eigenvalue weighted by atomic mass is 10.00. The summed E-state index contributed by atoms with van der Waals surface area (Å²) in [7, 11) is -4.71. The molecule has 9 nitrogen and oxygen atoms in total. The summed E-state index contributed by atoms with van der Waals surface area (Å²) in [6.45, 7) is -0.805. The molecule has 0 aliphatic carbocycles. The van der Waals surface area contributed by atoms with Crippen LogP contribution in [-0.4, -0.2) is 70.7 Å². The molecule has 1 unspecified atom stereocenters. The van der Waals surface area contributed by atoms with Crippen LogP contribution < -0.4 is 0 Å². The Morgan fingerprint density at radius 3 is 2.12 bits per heavy atom. The minimum atomic E-state index is -4.71. The van der Waals surface area contributed by atoms with E-state index in [-0.39, 0.29) is 0 Å². The average molecular weight is 260 g/mol. The van der Waals surface area contributed by atoms with Crippen LogP contribution in [0, 0.1) is 0 Å². The summed E-state index contributed by atoms with van der Waals surface area (Å²) in [4.78, 5) is 0. The minimum absolute atomic E-state index is 0.805. The van der Waals surface area contributed by atoms with Crippen LogP contribution in [0.25, 0.3) is 0 Å². The first-order valence-corrected chi connectivity index (χ1v) is 5.58. The van der Waals surface area contributed by atoms with Crippen molar-refractivity contribution in [2.75, 3.05) is 6.61 Å². The van der Waals surface area contributed by atoms with Gasteiger partial charge in [0.2, 0.25) is 0 Å². The Balaban J connectivity index is 2.61. The highest BCUT2D eigenvalue weighted by Gasteiger charge is 2.43. The molecule has 0 aromatic rings. The van der Waals surface area contributed by atoms with E-state index in [2.05, 4.69) is 8.92 Å². The minimum Gasteiger partial charge on any atom is -0.387 e. The number of ether oxygens (including phenoxy) is 1. The summed E-state index contributed by atoms with van der Waals surface area (Å²) in [6.07, 6.45) is -8.25. The fraction of sp³-hybridized carbons (Fsp3) is 1.00. The monoisotopic (exact) mass is 260 g/mol. The third kappa shape index (κ3) is 3.33. The average Bonchev–Trinajstić information content (AvgIpc) is 2.17. The standard InChI is InChI=1S/C6H12O9S/c7-3-2(1-14-16(11,12)13)15-6(10)5(9)4(3)8/h2-10H,1H2,(H,11,12,13)/t2-,3-,4+,5+,6?/m1/s1. The van der Waals surface area contributed by atoms with Gasteiger partial charge in [0.1, 0.15) is 24.4 Å². The highest BCUT2D eigenvalue weighted by molar-refractivity contribution is 7.80. The fourth-order valence-corrected chi connectivity index (χ4v) is 1.53. The van der Waals surface area contributed by atoms with E-state index in [1.807, 2.05) is 0 Å². The molecule has 0 saturated carbocycles. The number of rotatable bonds is 3. The van der Waals surface area contributed by atoms with Crippen LogP contribution in [0.1, 0.15) is 0 Å². The summed E-state index contributed by atoms with van der Waals surface area (Å²) in [5.74, 6) is 0. The molecule has 5 N–H and O–H groups in total. The van der Waals surface area contributed by atoms with Crippen molar-refractivity contribution in [1.29, 1.82) is 0 Å². The van der Waals surface area contributed by atoms with E-state index in [9.17, 15) is 18.6 Å². The maximum atomic E-state index is 10.2. The summed E-state index contributed by atoms with van der Waals surface area (Å²) >= 11 is 0. The van der Waals surface area contributed by atoms with E-state index in [0.29, 0.717) is 0 Å². The van der Waals surface area contributed by atoms with Crippen molar-refractivity contribution < 1.29 is 42.3 Å². The molecule has 16 heavy (non-hydrogen) atoms. The van der Waals surface area contributed by atoms with Gasteiger partial charge < -0.3 is 25.2 Å². The first kappa shape index (κ1) is 13.7. The Labute approximate surface area is 90.8 Å². The molecular weight excluding hydrogens is 248 g/mol. The Bertz CT molecular complexity index is 327. The molecule has 1 rings (SSSR count). The molecule has 96 valence electrons. The van der Waals surface area contributed by atoms with Gasteiger partial charge in [-0.05, 0) is 0 Å². The van der Waals surface area contributed by atoms with Crippen LogP contribution in [0.5, 0.6) is 0 Å². The zero-order valence-corrected chi connectivity index (χ0v) is 8.69. The summed E-state index contributed by atoms with van der Waals surface area (Å²) in [5, 5.41) is 36.7. The van der Waals surface area contributed by atoms with E-state index >= 15 is 0 Å². The Morgan fingerprint density at radius 1 is 1.06 bits per heavy atom. The topological polar surface area (TPSA) is 154 Å². The van der Waals surface area contributed by atoms with E-state index in [0.717, 1.165) is 0 Å². The van der Waals surface area contributed by atoms with Crippen molar-refractivity contribution in [2.45, 2.75) is 30.7 Å². The number of aliphatic hydroxyl groups excluding tert-OH is 4. The molecule has 1 saturated heterocycles. The second-order valence-electron chi connectivity index (χ2n) is 3.25. The Kier molecular flexibility index (Phi) is 4.20. The molecular formula is C6H12O9S. The second-order valence-corrected chi connectivity index (χ2v) is 4.34. The molecule has 1 aliphatic heterocycles. The Hall–Kier alpha value is -0.330.